The van der Waals surface area contributed by atoms with Gasteiger partial charge in [0.25, 0.3) is 5.69 Å². The molecule has 1 aromatic carbocycles. The number of benzene rings is 1. The number of rotatable bonds is 10. The van der Waals surface area contributed by atoms with Crippen LogP contribution < -0.4 is 5.73 Å². The van der Waals surface area contributed by atoms with E-state index in [1.807, 2.05) is 0 Å². The highest BCUT2D eigenvalue weighted by molar-refractivity contribution is 7.94. The normalized spacial score (nSPS) is 13.5. The quantitative estimate of drug-likeness (QED) is 0.211. The van der Waals surface area contributed by atoms with E-state index in [2.05, 4.69) is 0 Å². The van der Waals surface area contributed by atoms with E-state index in [-0.39, 0.29) is 25.1 Å². The Bertz CT molecular complexity index is 664. The zero-order chi connectivity index (χ0) is 19.2. The fraction of sp³-hybridized carbons (Fsp3) is 0.500. The summed E-state index contributed by atoms with van der Waals surface area (Å²) in [6.07, 6.45) is 0.156. The lowest BCUT2D eigenvalue weighted by molar-refractivity contribution is -0.387. The van der Waals surface area contributed by atoms with E-state index in [0.717, 1.165) is 17.6 Å². The van der Waals surface area contributed by atoms with Gasteiger partial charge in [0.05, 0.1) is 11.5 Å². The monoisotopic (exact) mass is 370 g/mol. The molecule has 1 rings (SSSR count). The average Bonchev–Trinajstić information content (AvgIpc) is 2.52. The minimum Gasteiger partial charge on any atom is -0.480 e. The lowest BCUT2D eigenvalue weighted by atomic mass is 9.84. The summed E-state index contributed by atoms with van der Waals surface area (Å²) < 4.78 is 5.33. The van der Waals surface area contributed by atoms with Crippen molar-refractivity contribution in [1.29, 1.82) is 0 Å². The van der Waals surface area contributed by atoms with Crippen LogP contribution in [0.25, 0.3) is 0 Å². The summed E-state index contributed by atoms with van der Waals surface area (Å²) in [5.74, 6) is -2.40. The van der Waals surface area contributed by atoms with E-state index >= 15 is 0 Å². The molecule has 0 aliphatic heterocycles. The van der Waals surface area contributed by atoms with Gasteiger partial charge in [0, 0.05) is 24.0 Å². The van der Waals surface area contributed by atoms with E-state index < -0.39 is 28.1 Å². The van der Waals surface area contributed by atoms with Gasteiger partial charge >= 0.3 is 5.97 Å². The minimum absolute atomic E-state index is 0.0655. The number of aliphatic carboxylic acids is 1. The van der Waals surface area contributed by atoms with Crippen molar-refractivity contribution in [3.8, 4) is 0 Å². The van der Waals surface area contributed by atoms with Crippen molar-refractivity contribution >= 4 is 29.5 Å². The van der Waals surface area contributed by atoms with Gasteiger partial charge in [0.1, 0.15) is 4.90 Å². The Morgan fingerprint density at radius 2 is 2.08 bits per heavy atom. The molecule has 1 atom stereocenters. The van der Waals surface area contributed by atoms with Crippen molar-refractivity contribution in [2.24, 2.45) is 11.7 Å². The summed E-state index contributed by atoms with van der Waals surface area (Å²) in [6, 6.07) is 4.67. The van der Waals surface area contributed by atoms with Crippen LogP contribution in [-0.4, -0.2) is 33.9 Å². The second-order valence-corrected chi connectivity index (χ2v) is 6.87. The fourth-order valence-electron chi connectivity index (χ4n) is 2.20. The molecular weight excluding hydrogens is 348 g/mol. The first-order chi connectivity index (χ1) is 11.6. The Balaban J connectivity index is 2.61. The predicted molar refractivity (Wildman–Crippen MR) is 93.3 cm³/mol. The van der Waals surface area contributed by atoms with Gasteiger partial charge in [-0.2, -0.15) is 0 Å². The van der Waals surface area contributed by atoms with Crippen molar-refractivity contribution in [2.45, 2.75) is 44.0 Å². The molecule has 0 heterocycles. The lowest BCUT2D eigenvalue weighted by Gasteiger charge is -2.24. The van der Waals surface area contributed by atoms with Gasteiger partial charge in [0.15, 0.2) is 11.3 Å². The topological polar surface area (TPSA) is 133 Å². The Labute approximate surface area is 150 Å². The summed E-state index contributed by atoms with van der Waals surface area (Å²) in [7, 11) is 0. The first kappa shape index (κ1) is 21.1. The number of hydrogen-bond donors (Lipinski definition) is 2. The number of carboxylic acid groups (broad SMARTS) is 1. The number of carboxylic acids is 1. The number of carbonyl (C=O) groups is 2. The molecule has 9 heteroatoms. The van der Waals surface area contributed by atoms with Gasteiger partial charge in [0.2, 0.25) is 0 Å². The van der Waals surface area contributed by atoms with E-state index in [9.17, 15) is 24.8 Å². The van der Waals surface area contributed by atoms with Crippen LogP contribution in [0.1, 0.15) is 32.3 Å². The molecule has 0 amide bonds. The Morgan fingerprint density at radius 1 is 1.44 bits per heavy atom. The molecule has 25 heavy (non-hydrogen) atoms. The number of nitro benzene ring substituents is 1. The maximum Gasteiger partial charge on any atom is 0.331 e. The molecule has 0 saturated heterocycles. The molecule has 0 fully saturated rings. The van der Waals surface area contributed by atoms with E-state index in [0.29, 0.717) is 4.90 Å². The van der Waals surface area contributed by atoms with E-state index in [1.54, 1.807) is 32.9 Å². The SMILES string of the molecule is Cc1ccc([N+](=O)[O-])c(SOCCC[C@@](N)(C(=O)O)C(=O)C(C)C)c1. The largest absolute Gasteiger partial charge is 0.480 e. The molecule has 1 aromatic rings. The highest BCUT2D eigenvalue weighted by Gasteiger charge is 2.42. The number of nitrogens with zero attached hydrogens (tertiary/aromatic N) is 1. The van der Waals surface area contributed by atoms with Crippen molar-refractivity contribution in [3.63, 3.8) is 0 Å². The Kier molecular flexibility index (Phi) is 7.53. The number of nitro groups is 1. The summed E-state index contributed by atoms with van der Waals surface area (Å²) in [5.41, 5.74) is 4.60. The number of aryl methyl sites for hydroxylation is 1. The van der Waals surface area contributed by atoms with Crippen LogP contribution in [-0.2, 0) is 13.8 Å². The molecule has 0 aliphatic carbocycles. The van der Waals surface area contributed by atoms with Crippen LogP contribution in [0.15, 0.2) is 23.1 Å². The number of hydrogen-bond acceptors (Lipinski definition) is 7. The van der Waals surface area contributed by atoms with Crippen LogP contribution in [0.5, 0.6) is 0 Å². The molecule has 0 spiro atoms. The number of Topliss-reactive ketones (excluding diaryl/α,β-unsaturated/α-hetero) is 1. The van der Waals surface area contributed by atoms with Crippen molar-refractivity contribution in [2.75, 3.05) is 6.61 Å². The summed E-state index contributed by atoms with van der Waals surface area (Å²) >= 11 is 0.848. The van der Waals surface area contributed by atoms with Crippen molar-refractivity contribution < 1.29 is 23.8 Å². The van der Waals surface area contributed by atoms with Gasteiger partial charge in [-0.05, 0) is 31.4 Å². The molecule has 0 aliphatic rings. The molecule has 0 bridgehead atoms. The van der Waals surface area contributed by atoms with Gasteiger partial charge in [-0.25, -0.2) is 4.79 Å². The van der Waals surface area contributed by atoms with Crippen LogP contribution >= 0.6 is 12.0 Å². The highest BCUT2D eigenvalue weighted by Crippen LogP contribution is 2.31. The smallest absolute Gasteiger partial charge is 0.331 e. The summed E-state index contributed by atoms with van der Waals surface area (Å²) in [6.45, 7) is 5.10. The maximum absolute atomic E-state index is 12.0. The zero-order valence-electron chi connectivity index (χ0n) is 14.4. The van der Waals surface area contributed by atoms with Gasteiger partial charge in [-0.1, -0.05) is 19.9 Å². The first-order valence-electron chi connectivity index (χ1n) is 7.70. The number of nitrogens with two attached hydrogens (primary N) is 1. The molecule has 0 unspecified atom stereocenters. The highest BCUT2D eigenvalue weighted by atomic mass is 32.2. The number of carbonyl (C=O) groups excluding carboxylic acids is 1. The number of ketones is 1. The third-order valence-electron chi connectivity index (χ3n) is 3.61. The zero-order valence-corrected chi connectivity index (χ0v) is 15.2. The third-order valence-corrected chi connectivity index (χ3v) is 4.40. The maximum atomic E-state index is 12.0. The molecular formula is C16H22N2O6S. The summed E-state index contributed by atoms with van der Waals surface area (Å²) in [4.78, 5) is 34.2. The minimum atomic E-state index is -1.95. The van der Waals surface area contributed by atoms with Crippen LogP contribution in [0.2, 0.25) is 0 Å². The van der Waals surface area contributed by atoms with Gasteiger partial charge in [-0.3, -0.25) is 14.9 Å². The van der Waals surface area contributed by atoms with Gasteiger partial charge in [-0.15, -0.1) is 0 Å². The predicted octanol–water partition coefficient (Wildman–Crippen LogP) is 2.71. The molecule has 138 valence electrons. The average molecular weight is 370 g/mol. The van der Waals surface area contributed by atoms with Crippen LogP contribution in [0.4, 0.5) is 5.69 Å². The second kappa shape index (κ2) is 8.93. The molecule has 0 radical (unpaired) electrons. The second-order valence-electron chi connectivity index (χ2n) is 6.03. The van der Waals surface area contributed by atoms with Crippen molar-refractivity contribution in [1.82, 2.24) is 0 Å². The Hall–Kier alpha value is -1.97. The Morgan fingerprint density at radius 3 is 2.60 bits per heavy atom. The molecule has 8 nitrogen and oxygen atoms in total. The molecule has 0 aromatic heterocycles. The van der Waals surface area contributed by atoms with Gasteiger partial charge < -0.3 is 15.0 Å². The third kappa shape index (κ3) is 5.52. The summed E-state index contributed by atoms with van der Waals surface area (Å²) in [5, 5.41) is 20.2. The first-order valence-corrected chi connectivity index (χ1v) is 8.45. The van der Waals surface area contributed by atoms with E-state index in [4.69, 9.17) is 9.92 Å². The van der Waals surface area contributed by atoms with Crippen LogP contribution in [0.3, 0.4) is 0 Å². The fourth-order valence-corrected chi connectivity index (χ4v) is 2.99. The van der Waals surface area contributed by atoms with E-state index in [1.165, 1.54) is 6.07 Å². The van der Waals surface area contributed by atoms with Crippen molar-refractivity contribution in [3.05, 3.63) is 33.9 Å². The lowest BCUT2D eigenvalue weighted by Crippen LogP contribution is -2.56. The van der Waals surface area contributed by atoms with Crippen LogP contribution in [0, 0.1) is 23.0 Å². The standard InChI is InChI=1S/C16H22N2O6S/c1-10(2)14(19)16(17,15(20)21)7-4-8-24-25-13-9-11(3)5-6-12(13)18(22)23/h5-6,9-10H,4,7-8,17H2,1-3H3,(H,20,21)/t16-/m0/s1. The molecule has 3 N–H and O–H groups in total. The molecule has 0 saturated carbocycles.